The van der Waals surface area contributed by atoms with Gasteiger partial charge in [-0.15, -0.1) is 0 Å². The van der Waals surface area contributed by atoms with Crippen LogP contribution in [0.5, 0.6) is 0 Å². The van der Waals surface area contributed by atoms with Crippen molar-refractivity contribution in [2.45, 2.75) is 34.1 Å². The Labute approximate surface area is 134 Å². The Kier molecular flexibility index (Phi) is 5.28. The number of aryl methyl sites for hydroxylation is 1. The Morgan fingerprint density at radius 3 is 2.67 bits per heavy atom. The first-order chi connectivity index (χ1) is 10.0. The van der Waals surface area contributed by atoms with Crippen LogP contribution in [-0.2, 0) is 6.42 Å². The van der Waals surface area contributed by atoms with Crippen molar-refractivity contribution in [3.05, 3.63) is 34.1 Å². The Morgan fingerprint density at radius 2 is 2.05 bits per heavy atom. The molecule has 0 unspecified atom stereocenters. The van der Waals surface area contributed by atoms with Gasteiger partial charge in [-0.2, -0.15) is 0 Å². The Balaban J connectivity index is 2.52. The van der Waals surface area contributed by atoms with Crippen LogP contribution < -0.4 is 5.32 Å². The number of hydrogen-bond acceptors (Lipinski definition) is 4. The summed E-state index contributed by atoms with van der Waals surface area (Å²) in [6.07, 6.45) is 2.70. The molecule has 0 spiro atoms. The SMILES string of the molecule is CCNc1nc(-c2cc(C)ccn2)nc(CC(C)C)c1Br. The summed E-state index contributed by atoms with van der Waals surface area (Å²) in [5.41, 5.74) is 2.99. The van der Waals surface area contributed by atoms with Crippen molar-refractivity contribution in [3.63, 3.8) is 0 Å². The predicted octanol–water partition coefficient (Wildman–Crippen LogP) is 4.24. The molecule has 0 aliphatic rings. The zero-order chi connectivity index (χ0) is 15.4. The lowest BCUT2D eigenvalue weighted by Gasteiger charge is -2.13. The van der Waals surface area contributed by atoms with Gasteiger partial charge >= 0.3 is 0 Å². The molecule has 0 atom stereocenters. The predicted molar refractivity (Wildman–Crippen MR) is 90.4 cm³/mol. The van der Waals surface area contributed by atoms with E-state index in [-0.39, 0.29) is 0 Å². The van der Waals surface area contributed by atoms with Crippen molar-refractivity contribution in [2.24, 2.45) is 5.92 Å². The van der Waals surface area contributed by atoms with Crippen molar-refractivity contribution in [1.82, 2.24) is 15.0 Å². The van der Waals surface area contributed by atoms with E-state index in [0.717, 1.165) is 40.2 Å². The molecule has 2 heterocycles. The van der Waals surface area contributed by atoms with Gasteiger partial charge in [-0.05, 0) is 59.8 Å². The molecule has 0 amide bonds. The molecule has 21 heavy (non-hydrogen) atoms. The second-order valence-electron chi connectivity index (χ2n) is 5.50. The fourth-order valence-corrected chi connectivity index (χ4v) is 2.55. The normalized spacial score (nSPS) is 11.0. The lowest BCUT2D eigenvalue weighted by molar-refractivity contribution is 0.632. The van der Waals surface area contributed by atoms with Gasteiger partial charge in [0.2, 0.25) is 0 Å². The molecule has 4 nitrogen and oxygen atoms in total. The van der Waals surface area contributed by atoms with Gasteiger partial charge in [0.05, 0.1) is 10.2 Å². The van der Waals surface area contributed by atoms with E-state index >= 15 is 0 Å². The fourth-order valence-electron chi connectivity index (χ4n) is 2.07. The molecule has 2 aromatic heterocycles. The van der Waals surface area contributed by atoms with Crippen LogP contribution in [0.2, 0.25) is 0 Å². The highest BCUT2D eigenvalue weighted by Crippen LogP contribution is 2.28. The molecule has 0 saturated carbocycles. The highest BCUT2D eigenvalue weighted by atomic mass is 79.9. The zero-order valence-corrected chi connectivity index (χ0v) is 14.5. The van der Waals surface area contributed by atoms with E-state index in [1.165, 1.54) is 0 Å². The van der Waals surface area contributed by atoms with E-state index in [1.54, 1.807) is 6.20 Å². The molecule has 0 aliphatic heterocycles. The molecule has 0 aliphatic carbocycles. The summed E-state index contributed by atoms with van der Waals surface area (Å²) >= 11 is 3.62. The Hall–Kier alpha value is -1.49. The third kappa shape index (κ3) is 4.00. The highest BCUT2D eigenvalue weighted by Gasteiger charge is 2.15. The second-order valence-corrected chi connectivity index (χ2v) is 6.30. The molecular formula is C16H21BrN4. The molecule has 5 heteroatoms. The van der Waals surface area contributed by atoms with Gasteiger partial charge in [0.25, 0.3) is 0 Å². The van der Waals surface area contributed by atoms with Gasteiger partial charge < -0.3 is 5.32 Å². The van der Waals surface area contributed by atoms with E-state index in [0.29, 0.717) is 11.7 Å². The fraction of sp³-hybridized carbons (Fsp3) is 0.438. The smallest absolute Gasteiger partial charge is 0.180 e. The zero-order valence-electron chi connectivity index (χ0n) is 12.9. The summed E-state index contributed by atoms with van der Waals surface area (Å²) in [7, 11) is 0. The number of rotatable bonds is 5. The molecule has 0 aromatic carbocycles. The quantitative estimate of drug-likeness (QED) is 0.877. The van der Waals surface area contributed by atoms with E-state index in [9.17, 15) is 0 Å². The van der Waals surface area contributed by atoms with E-state index in [4.69, 9.17) is 4.98 Å². The number of pyridine rings is 1. The molecule has 2 aromatic rings. The lowest BCUT2D eigenvalue weighted by Crippen LogP contribution is -2.08. The van der Waals surface area contributed by atoms with Crippen LogP contribution in [0.3, 0.4) is 0 Å². The van der Waals surface area contributed by atoms with Gasteiger partial charge in [0, 0.05) is 12.7 Å². The minimum atomic E-state index is 0.531. The van der Waals surface area contributed by atoms with Gasteiger partial charge in [-0.25, -0.2) is 9.97 Å². The Bertz CT molecular complexity index is 626. The van der Waals surface area contributed by atoms with Crippen molar-refractivity contribution in [3.8, 4) is 11.5 Å². The largest absolute Gasteiger partial charge is 0.369 e. The third-order valence-corrected chi connectivity index (χ3v) is 3.84. The minimum absolute atomic E-state index is 0.531. The first-order valence-corrected chi connectivity index (χ1v) is 8.03. The standard InChI is InChI=1S/C16H21BrN4/c1-5-18-16-14(17)12(8-10(2)3)20-15(21-16)13-9-11(4)6-7-19-13/h6-7,9-10H,5,8H2,1-4H3,(H,18,20,21). The molecule has 0 fully saturated rings. The van der Waals surface area contributed by atoms with Crippen molar-refractivity contribution in [2.75, 3.05) is 11.9 Å². The number of nitrogens with one attached hydrogen (secondary N) is 1. The summed E-state index contributed by atoms with van der Waals surface area (Å²) in [4.78, 5) is 13.7. The van der Waals surface area contributed by atoms with Crippen LogP contribution >= 0.6 is 15.9 Å². The van der Waals surface area contributed by atoms with Crippen LogP contribution in [0.15, 0.2) is 22.8 Å². The van der Waals surface area contributed by atoms with E-state index in [2.05, 4.69) is 52.0 Å². The van der Waals surface area contributed by atoms with Crippen molar-refractivity contribution >= 4 is 21.7 Å². The monoisotopic (exact) mass is 348 g/mol. The summed E-state index contributed by atoms with van der Waals surface area (Å²) in [5, 5.41) is 3.29. The van der Waals surface area contributed by atoms with E-state index in [1.807, 2.05) is 19.1 Å². The highest BCUT2D eigenvalue weighted by molar-refractivity contribution is 9.10. The van der Waals surface area contributed by atoms with Crippen LogP contribution in [0.4, 0.5) is 5.82 Å². The van der Waals surface area contributed by atoms with Crippen LogP contribution in [0.25, 0.3) is 11.5 Å². The van der Waals surface area contributed by atoms with Crippen molar-refractivity contribution in [1.29, 1.82) is 0 Å². The first kappa shape index (κ1) is 15.9. The maximum absolute atomic E-state index is 4.71. The maximum Gasteiger partial charge on any atom is 0.180 e. The molecule has 0 saturated heterocycles. The molecule has 112 valence electrons. The number of nitrogens with zero attached hydrogens (tertiary/aromatic N) is 3. The van der Waals surface area contributed by atoms with Gasteiger partial charge in [-0.1, -0.05) is 13.8 Å². The van der Waals surface area contributed by atoms with Crippen LogP contribution in [-0.4, -0.2) is 21.5 Å². The molecule has 1 N–H and O–H groups in total. The molecule has 0 radical (unpaired) electrons. The maximum atomic E-state index is 4.71. The average molecular weight is 349 g/mol. The summed E-state index contributed by atoms with van der Waals surface area (Å²) in [6, 6.07) is 3.99. The van der Waals surface area contributed by atoms with Crippen LogP contribution in [0, 0.1) is 12.8 Å². The molecule has 2 rings (SSSR count). The topological polar surface area (TPSA) is 50.7 Å². The van der Waals surface area contributed by atoms with E-state index < -0.39 is 0 Å². The minimum Gasteiger partial charge on any atom is -0.369 e. The molecule has 0 bridgehead atoms. The summed E-state index contributed by atoms with van der Waals surface area (Å²) in [6.45, 7) is 9.29. The van der Waals surface area contributed by atoms with Gasteiger partial charge in [-0.3, -0.25) is 4.98 Å². The Morgan fingerprint density at radius 1 is 1.29 bits per heavy atom. The molecular weight excluding hydrogens is 328 g/mol. The van der Waals surface area contributed by atoms with Gasteiger partial charge in [0.15, 0.2) is 5.82 Å². The average Bonchev–Trinajstić information content (AvgIpc) is 2.42. The lowest BCUT2D eigenvalue weighted by atomic mass is 10.1. The van der Waals surface area contributed by atoms with Crippen LogP contribution in [0.1, 0.15) is 32.0 Å². The number of aromatic nitrogens is 3. The first-order valence-electron chi connectivity index (χ1n) is 7.24. The second kappa shape index (κ2) is 6.98. The number of anilines is 1. The third-order valence-electron chi connectivity index (χ3n) is 3.01. The summed E-state index contributed by atoms with van der Waals surface area (Å²) in [5.74, 6) is 2.04. The number of hydrogen-bond donors (Lipinski definition) is 1. The van der Waals surface area contributed by atoms with Gasteiger partial charge in [0.1, 0.15) is 11.5 Å². The number of halogens is 1. The van der Waals surface area contributed by atoms with Crippen molar-refractivity contribution < 1.29 is 0 Å². The summed E-state index contributed by atoms with van der Waals surface area (Å²) < 4.78 is 0.953.